The second kappa shape index (κ2) is 5.83. The van der Waals surface area contributed by atoms with E-state index in [9.17, 15) is 0 Å². The maximum atomic E-state index is 6.18. The highest BCUT2D eigenvalue weighted by atomic mass is 35.5. The predicted molar refractivity (Wildman–Crippen MR) is 73.2 cm³/mol. The predicted octanol–water partition coefficient (Wildman–Crippen LogP) is 0.586. The van der Waals surface area contributed by atoms with Crippen LogP contribution in [0.4, 0.5) is 0 Å². The molecule has 0 radical (unpaired) electrons. The van der Waals surface area contributed by atoms with E-state index < -0.39 is 0 Å². The number of fused-ring (bicyclic) bond motifs is 1. The summed E-state index contributed by atoms with van der Waals surface area (Å²) in [5.41, 5.74) is 2.14. The van der Waals surface area contributed by atoms with Gasteiger partial charge in [0.2, 0.25) is 0 Å². The van der Waals surface area contributed by atoms with E-state index in [1.54, 1.807) is 0 Å². The molecule has 0 saturated heterocycles. The summed E-state index contributed by atoms with van der Waals surface area (Å²) in [4.78, 5) is 0. The number of nitrogens with zero attached hydrogens (tertiary/aromatic N) is 2. The minimum absolute atomic E-state index is 0. The van der Waals surface area contributed by atoms with Crippen LogP contribution in [-0.4, -0.2) is 4.57 Å². The summed E-state index contributed by atoms with van der Waals surface area (Å²) in [6.07, 6.45) is 3.96. The first-order valence-electron chi connectivity index (χ1n) is 5.64. The van der Waals surface area contributed by atoms with Crippen molar-refractivity contribution >= 4 is 28.8 Å². The van der Waals surface area contributed by atoms with Crippen LogP contribution in [0.2, 0.25) is 10.2 Å². The molecule has 0 unspecified atom stereocenters. The molecule has 0 saturated carbocycles. The number of imidazole rings is 1. The molecule has 3 aromatic rings. The Bertz CT molecular complexity index is 707. The first-order chi connectivity index (χ1) is 8.75. The van der Waals surface area contributed by atoms with Crippen LogP contribution >= 0.6 is 23.2 Å². The van der Waals surface area contributed by atoms with Gasteiger partial charge in [-0.1, -0.05) is 29.8 Å². The summed E-state index contributed by atoms with van der Waals surface area (Å²) in [6.45, 7) is 0.733. The highest BCUT2D eigenvalue weighted by Gasteiger charge is 2.12. The zero-order valence-electron chi connectivity index (χ0n) is 9.93. The fourth-order valence-electron chi connectivity index (χ4n) is 2.03. The van der Waals surface area contributed by atoms with Crippen molar-refractivity contribution in [1.29, 1.82) is 0 Å². The Hall–Kier alpha value is -1.22. The van der Waals surface area contributed by atoms with E-state index in [0.717, 1.165) is 22.8 Å². The third-order valence-corrected chi connectivity index (χ3v) is 3.62. The fraction of sp³-hybridized carbons (Fsp3) is 0.0714. The lowest BCUT2D eigenvalue weighted by Gasteiger charge is -2.01. The maximum absolute atomic E-state index is 6.18. The molecule has 0 aliphatic rings. The molecule has 19 heavy (non-hydrogen) atoms. The number of rotatable bonds is 2. The smallest absolute Gasteiger partial charge is 0.287 e. The Kier molecular flexibility index (Phi) is 4.35. The van der Waals surface area contributed by atoms with E-state index in [0.29, 0.717) is 5.15 Å². The molecular weight excluding hydrogens is 303 g/mol. The fourth-order valence-corrected chi connectivity index (χ4v) is 2.44. The van der Waals surface area contributed by atoms with Crippen LogP contribution in [0.3, 0.4) is 0 Å². The topological polar surface area (TPSA) is 9.03 Å². The van der Waals surface area contributed by atoms with Gasteiger partial charge in [-0.25, -0.2) is 4.57 Å². The van der Waals surface area contributed by atoms with Crippen LogP contribution in [-0.2, 0) is 6.54 Å². The van der Waals surface area contributed by atoms with Crippen LogP contribution in [0, 0.1) is 0 Å². The molecule has 3 rings (SSSR count). The Morgan fingerprint density at radius 3 is 2.58 bits per heavy atom. The first-order valence-corrected chi connectivity index (χ1v) is 6.40. The summed E-state index contributed by atoms with van der Waals surface area (Å²) in [5.74, 6) is 0. The molecule has 0 aliphatic carbocycles. The first kappa shape index (κ1) is 14.2. The second-order valence-electron chi connectivity index (χ2n) is 4.09. The molecule has 0 N–H and O–H groups in total. The molecule has 2 nitrogen and oxygen atoms in total. The number of halogens is 3. The highest BCUT2D eigenvalue weighted by molar-refractivity contribution is 6.31. The van der Waals surface area contributed by atoms with Gasteiger partial charge in [0.05, 0.1) is 0 Å². The van der Waals surface area contributed by atoms with Crippen molar-refractivity contribution in [2.24, 2.45) is 0 Å². The van der Waals surface area contributed by atoms with Gasteiger partial charge in [-0.3, -0.25) is 0 Å². The number of hydrogen-bond acceptors (Lipinski definition) is 0. The van der Waals surface area contributed by atoms with Crippen molar-refractivity contribution in [2.75, 3.05) is 0 Å². The Morgan fingerprint density at radius 2 is 1.79 bits per heavy atom. The van der Waals surface area contributed by atoms with Gasteiger partial charge in [0.25, 0.3) is 5.65 Å². The van der Waals surface area contributed by atoms with E-state index in [2.05, 4.69) is 4.57 Å². The van der Waals surface area contributed by atoms with E-state index in [-0.39, 0.29) is 12.4 Å². The lowest BCUT2D eigenvalue weighted by atomic mass is 10.2. The Balaban J connectivity index is 0.00000133. The van der Waals surface area contributed by atoms with Gasteiger partial charge in [-0.15, -0.1) is 0 Å². The van der Waals surface area contributed by atoms with Gasteiger partial charge in [0.1, 0.15) is 18.9 Å². The van der Waals surface area contributed by atoms with Crippen molar-refractivity contribution in [3.8, 4) is 0 Å². The number of aromatic nitrogens is 2. The molecule has 2 aromatic heterocycles. The zero-order chi connectivity index (χ0) is 12.5. The normalized spacial score (nSPS) is 10.4. The quantitative estimate of drug-likeness (QED) is 0.484. The molecule has 0 spiro atoms. The third-order valence-electron chi connectivity index (χ3n) is 2.94. The van der Waals surface area contributed by atoms with Gasteiger partial charge in [-0.2, -0.15) is 4.40 Å². The van der Waals surface area contributed by atoms with Gasteiger partial charge in [0.15, 0.2) is 5.15 Å². The summed E-state index contributed by atoms with van der Waals surface area (Å²) in [6, 6.07) is 13.7. The minimum Gasteiger partial charge on any atom is -1.00 e. The number of benzene rings is 1. The van der Waals surface area contributed by atoms with Crippen molar-refractivity contribution in [3.05, 3.63) is 70.6 Å². The van der Waals surface area contributed by atoms with Crippen LogP contribution in [0.5, 0.6) is 0 Å². The molecule has 5 heteroatoms. The second-order valence-corrected chi connectivity index (χ2v) is 4.89. The number of hydrogen-bond donors (Lipinski definition) is 0. The highest BCUT2D eigenvalue weighted by Crippen LogP contribution is 2.17. The molecule has 0 bridgehead atoms. The average Bonchev–Trinajstić information content (AvgIpc) is 2.77. The van der Waals surface area contributed by atoms with Crippen LogP contribution in [0.15, 0.2) is 54.9 Å². The standard InChI is InChI=1S/C14H11Cl2N2.ClH/c15-12-5-2-1-4-11(12)10-17-8-9-18-13(16)6-3-7-14(17)18;/h1-9H,10H2;1H/q+1;/p-1. The van der Waals surface area contributed by atoms with Crippen LogP contribution in [0.25, 0.3) is 5.65 Å². The molecule has 98 valence electrons. The van der Waals surface area contributed by atoms with E-state index in [1.165, 1.54) is 0 Å². The van der Waals surface area contributed by atoms with Gasteiger partial charge in [0, 0.05) is 16.7 Å². The summed E-state index contributed by atoms with van der Waals surface area (Å²) < 4.78 is 4.06. The maximum Gasteiger partial charge on any atom is 0.287 e. The third kappa shape index (κ3) is 2.71. The largest absolute Gasteiger partial charge is 1.00 e. The Morgan fingerprint density at radius 1 is 1.00 bits per heavy atom. The van der Waals surface area contributed by atoms with Crippen molar-refractivity contribution < 1.29 is 16.8 Å². The average molecular weight is 314 g/mol. The molecule has 0 fully saturated rings. The van der Waals surface area contributed by atoms with Crippen molar-refractivity contribution in [1.82, 2.24) is 4.57 Å². The van der Waals surface area contributed by atoms with Gasteiger partial charge >= 0.3 is 0 Å². The zero-order valence-corrected chi connectivity index (χ0v) is 12.2. The summed E-state index contributed by atoms with van der Waals surface area (Å²) in [5, 5.41) is 1.48. The molecule has 0 atom stereocenters. The van der Waals surface area contributed by atoms with Crippen LogP contribution < -0.4 is 16.8 Å². The molecular formula is C14H11Cl3N2. The van der Waals surface area contributed by atoms with Gasteiger partial charge < -0.3 is 12.4 Å². The van der Waals surface area contributed by atoms with Crippen LogP contribution in [0.1, 0.15) is 5.56 Å². The van der Waals surface area contributed by atoms with E-state index in [4.69, 9.17) is 23.2 Å². The Labute approximate surface area is 127 Å². The summed E-state index contributed by atoms with van der Waals surface area (Å²) >= 11 is 12.3. The van der Waals surface area contributed by atoms with Gasteiger partial charge in [-0.05, 0) is 29.8 Å². The molecule has 0 amide bonds. The van der Waals surface area contributed by atoms with Crippen molar-refractivity contribution in [3.63, 3.8) is 0 Å². The molecule has 1 aromatic carbocycles. The monoisotopic (exact) mass is 312 g/mol. The lowest BCUT2D eigenvalue weighted by molar-refractivity contribution is -0.508. The molecule has 2 heterocycles. The lowest BCUT2D eigenvalue weighted by Crippen LogP contribution is -3.00. The minimum atomic E-state index is 0. The van der Waals surface area contributed by atoms with E-state index in [1.807, 2.05) is 59.3 Å². The van der Waals surface area contributed by atoms with Crippen molar-refractivity contribution in [2.45, 2.75) is 6.54 Å². The SMILES string of the molecule is Clc1ccccc1Cn1cc[n+]2c(Cl)cccc12.[Cl-]. The molecule has 0 aliphatic heterocycles. The van der Waals surface area contributed by atoms with E-state index >= 15 is 0 Å². The number of pyridine rings is 1. The summed E-state index contributed by atoms with van der Waals surface area (Å²) in [7, 11) is 0.